The van der Waals surface area contributed by atoms with Crippen LogP contribution in [0.2, 0.25) is 0 Å². The summed E-state index contributed by atoms with van der Waals surface area (Å²) in [5.41, 5.74) is 16.3. The zero-order valence-electron chi connectivity index (χ0n) is 29.1. The molecule has 0 fully saturated rings. The van der Waals surface area contributed by atoms with E-state index in [-0.39, 0.29) is 10.8 Å². The minimum atomic E-state index is 0.141. The first-order chi connectivity index (χ1) is 21.8. The Balaban J connectivity index is 1.40. The number of hydrogen-bond donors (Lipinski definition) is 0. The van der Waals surface area contributed by atoms with E-state index in [0.717, 1.165) is 30.7 Å². The van der Waals surface area contributed by atoms with Crippen LogP contribution in [0, 0.1) is 27.7 Å². The van der Waals surface area contributed by atoms with Crippen LogP contribution in [0.3, 0.4) is 0 Å². The fourth-order valence-corrected chi connectivity index (χ4v) is 10.2. The van der Waals surface area contributed by atoms with Crippen LogP contribution >= 0.6 is 75.1 Å². The lowest BCUT2D eigenvalue weighted by atomic mass is 9.83. The Bertz CT molecular complexity index is 1750. The molecule has 0 unspecified atom stereocenters. The minimum Gasteiger partial charge on any atom is -0.135 e. The highest BCUT2D eigenvalue weighted by Gasteiger charge is 2.20. The van der Waals surface area contributed by atoms with Crippen LogP contribution < -0.4 is 0 Å². The van der Waals surface area contributed by atoms with E-state index in [9.17, 15) is 0 Å². The molecule has 0 nitrogen and oxygen atoms in total. The highest BCUT2D eigenvalue weighted by molar-refractivity contribution is 9.11. The highest BCUT2D eigenvalue weighted by atomic mass is 79.9. The zero-order valence-corrected chi connectivity index (χ0v) is 36.3. The van der Waals surface area contributed by atoms with Gasteiger partial charge in [0.1, 0.15) is 0 Å². The van der Waals surface area contributed by atoms with Crippen molar-refractivity contribution in [2.45, 2.75) is 92.9 Å². The second-order valence-electron chi connectivity index (χ2n) is 15.0. The van der Waals surface area contributed by atoms with E-state index in [1.54, 1.807) is 0 Å². The highest BCUT2D eigenvalue weighted by Crippen LogP contribution is 2.42. The number of hydrogen-bond acceptors (Lipinski definition) is 1. The van der Waals surface area contributed by atoms with Gasteiger partial charge in [0.25, 0.3) is 0 Å². The first-order valence-electron chi connectivity index (χ1n) is 16.1. The van der Waals surface area contributed by atoms with Crippen LogP contribution in [0.15, 0.2) is 78.6 Å². The lowest BCUT2D eigenvalue weighted by Crippen LogP contribution is -2.12. The smallest absolute Gasteiger partial charge is 0.0350 e. The molecule has 1 heterocycles. The fraction of sp³-hybridized carbons (Fsp3) is 0.333. The third-order valence-electron chi connectivity index (χ3n) is 9.29. The van der Waals surface area contributed by atoms with E-state index in [1.807, 2.05) is 11.3 Å². The molecule has 0 bridgehead atoms. The summed E-state index contributed by atoms with van der Waals surface area (Å²) in [4.78, 5) is 2.49. The quantitative estimate of drug-likeness (QED) is 0.159. The lowest BCUT2D eigenvalue weighted by Gasteiger charge is -2.23. The van der Waals surface area contributed by atoms with Gasteiger partial charge in [-0.2, -0.15) is 0 Å². The van der Waals surface area contributed by atoms with Crippen molar-refractivity contribution in [1.29, 1.82) is 0 Å². The van der Waals surface area contributed by atoms with Crippen LogP contribution in [0.1, 0.15) is 97.2 Å². The van der Waals surface area contributed by atoms with E-state index >= 15 is 0 Å². The van der Waals surface area contributed by atoms with Crippen LogP contribution in [-0.4, -0.2) is 0 Å². The van der Waals surface area contributed by atoms with Crippen LogP contribution in [0.25, 0.3) is 20.9 Å². The van der Waals surface area contributed by atoms with Gasteiger partial charge in [-0.15, -0.1) is 11.3 Å². The SMILES string of the molecule is Cc1cc(C(C)(C)C)cc(C)c1Cc1c(Br)cc(-c2ccc(-c3cc(Br)c(Cc4c(C)cc(C(C)(C)C)cc4C)c(Br)c3)s2)cc1Br. The molecule has 0 saturated carbocycles. The molecule has 0 aliphatic rings. The Morgan fingerprint density at radius 3 is 0.979 bits per heavy atom. The first-order valence-corrected chi connectivity index (χ1v) is 20.1. The Labute approximate surface area is 320 Å². The maximum atomic E-state index is 3.94. The Morgan fingerprint density at radius 2 is 0.723 bits per heavy atom. The molecular weight excluding hydrogens is 856 g/mol. The van der Waals surface area contributed by atoms with Gasteiger partial charge in [-0.25, -0.2) is 0 Å². The second-order valence-corrected chi connectivity index (χ2v) is 19.5. The van der Waals surface area contributed by atoms with Gasteiger partial charge in [0.05, 0.1) is 0 Å². The van der Waals surface area contributed by atoms with Gasteiger partial charge >= 0.3 is 0 Å². The van der Waals surface area contributed by atoms with E-state index in [4.69, 9.17) is 0 Å². The third kappa shape index (κ3) is 8.12. The van der Waals surface area contributed by atoms with Gasteiger partial charge in [0.15, 0.2) is 0 Å². The van der Waals surface area contributed by atoms with Crippen molar-refractivity contribution in [3.05, 3.63) is 134 Å². The number of benzene rings is 4. The third-order valence-corrected chi connectivity index (χ3v) is 13.3. The van der Waals surface area contributed by atoms with E-state index in [1.165, 1.54) is 76.5 Å². The van der Waals surface area contributed by atoms with Crippen molar-refractivity contribution >= 4 is 75.1 Å². The normalized spacial score (nSPS) is 12.2. The molecule has 0 aliphatic heterocycles. The molecule has 0 spiro atoms. The molecule has 0 N–H and O–H groups in total. The topological polar surface area (TPSA) is 0 Å². The van der Waals surface area contributed by atoms with Gasteiger partial charge in [0, 0.05) is 40.5 Å². The molecular formula is C42H44Br4S. The predicted molar refractivity (Wildman–Crippen MR) is 221 cm³/mol. The van der Waals surface area contributed by atoms with Crippen LogP contribution in [-0.2, 0) is 23.7 Å². The number of halogens is 4. The van der Waals surface area contributed by atoms with Crippen molar-refractivity contribution in [2.75, 3.05) is 0 Å². The van der Waals surface area contributed by atoms with E-state index in [0.29, 0.717) is 0 Å². The van der Waals surface area contributed by atoms with Gasteiger partial charge in [-0.3, -0.25) is 0 Å². The number of aryl methyl sites for hydroxylation is 4. The summed E-state index contributed by atoms with van der Waals surface area (Å²) in [5, 5.41) is 0. The van der Waals surface area contributed by atoms with Crippen molar-refractivity contribution in [2.24, 2.45) is 0 Å². The predicted octanol–water partition coefficient (Wildman–Crippen LogP) is 15.1. The largest absolute Gasteiger partial charge is 0.135 e. The number of thiophene rings is 1. The molecule has 5 rings (SSSR count). The summed E-state index contributed by atoms with van der Waals surface area (Å²) in [6.45, 7) is 22.7. The van der Waals surface area contributed by atoms with Crippen molar-refractivity contribution < 1.29 is 0 Å². The first kappa shape index (κ1) is 36.8. The average Bonchev–Trinajstić information content (AvgIpc) is 3.44. The fourth-order valence-electron chi connectivity index (χ4n) is 6.24. The summed E-state index contributed by atoms with van der Waals surface area (Å²) in [6.07, 6.45) is 1.76. The van der Waals surface area contributed by atoms with E-state index in [2.05, 4.69) is 194 Å². The molecule has 5 heteroatoms. The van der Waals surface area contributed by atoms with Gasteiger partial charge in [-0.05, 0) is 142 Å². The monoisotopic (exact) mass is 896 g/mol. The minimum absolute atomic E-state index is 0.141. The summed E-state index contributed by atoms with van der Waals surface area (Å²) in [6, 6.07) is 23.0. The molecule has 0 atom stereocenters. The van der Waals surface area contributed by atoms with Crippen LogP contribution in [0.4, 0.5) is 0 Å². The summed E-state index contributed by atoms with van der Waals surface area (Å²) >= 11 is 17.6. The summed E-state index contributed by atoms with van der Waals surface area (Å²) in [5.74, 6) is 0. The van der Waals surface area contributed by atoms with Gasteiger partial charge in [-0.1, -0.05) is 130 Å². The standard InChI is InChI=1S/C42H44Br4S/c1-23-13-29(41(5,6)7)14-24(2)31(23)21-33-35(43)17-27(18-36(33)44)39-11-12-40(47-39)28-19-37(45)34(38(46)20-28)22-32-25(3)15-30(16-26(32)4)42(8,9)10/h11-20H,21-22H2,1-10H3. The Morgan fingerprint density at radius 1 is 0.447 bits per heavy atom. The van der Waals surface area contributed by atoms with Crippen LogP contribution in [0.5, 0.6) is 0 Å². The van der Waals surface area contributed by atoms with Crippen molar-refractivity contribution in [3.63, 3.8) is 0 Å². The van der Waals surface area contributed by atoms with Gasteiger partial charge in [0.2, 0.25) is 0 Å². The molecule has 0 radical (unpaired) electrons. The average molecular weight is 900 g/mol. The number of rotatable bonds is 6. The van der Waals surface area contributed by atoms with Crippen molar-refractivity contribution in [1.82, 2.24) is 0 Å². The molecule has 47 heavy (non-hydrogen) atoms. The maximum absolute atomic E-state index is 3.94. The Hall–Kier alpha value is -1.50. The molecule has 0 aliphatic carbocycles. The van der Waals surface area contributed by atoms with E-state index < -0.39 is 0 Å². The molecule has 1 aromatic heterocycles. The molecule has 0 amide bonds. The Kier molecular flexibility index (Phi) is 11.0. The second kappa shape index (κ2) is 14.0. The molecule has 5 aromatic rings. The molecule has 246 valence electrons. The van der Waals surface area contributed by atoms with Gasteiger partial charge < -0.3 is 0 Å². The molecule has 0 saturated heterocycles. The zero-order chi connectivity index (χ0) is 34.6. The lowest BCUT2D eigenvalue weighted by molar-refractivity contribution is 0.588. The molecule has 4 aromatic carbocycles. The maximum Gasteiger partial charge on any atom is 0.0350 e. The summed E-state index contributed by atoms with van der Waals surface area (Å²) in [7, 11) is 0. The van der Waals surface area contributed by atoms with Crippen molar-refractivity contribution in [3.8, 4) is 20.9 Å². The summed E-state index contributed by atoms with van der Waals surface area (Å²) < 4.78 is 4.52.